The highest BCUT2D eigenvalue weighted by atomic mass is 16.4. The molecule has 0 aromatic carbocycles. The second-order valence-electron chi connectivity index (χ2n) is 5.79. The van der Waals surface area contributed by atoms with Gasteiger partial charge in [0.2, 0.25) is 5.91 Å². The molecular weight excluding hydrogens is 220 g/mol. The summed E-state index contributed by atoms with van der Waals surface area (Å²) in [5, 5.41) is 9.18. The Morgan fingerprint density at radius 3 is 2.41 bits per heavy atom. The zero-order valence-electron chi connectivity index (χ0n) is 10.3. The molecule has 1 heterocycles. The highest BCUT2D eigenvalue weighted by molar-refractivity contribution is 5.88. The van der Waals surface area contributed by atoms with Crippen LogP contribution in [0.4, 0.5) is 0 Å². The molecular formula is C12H20N2O3. The van der Waals surface area contributed by atoms with E-state index < -0.39 is 18.1 Å². The molecule has 1 aliphatic heterocycles. The van der Waals surface area contributed by atoms with E-state index in [1.165, 1.54) is 4.90 Å². The summed E-state index contributed by atoms with van der Waals surface area (Å²) in [7, 11) is 0. The van der Waals surface area contributed by atoms with Crippen LogP contribution in [0.1, 0.15) is 33.1 Å². The number of aliphatic carboxylic acids is 1. The van der Waals surface area contributed by atoms with Gasteiger partial charge in [-0.1, -0.05) is 13.8 Å². The summed E-state index contributed by atoms with van der Waals surface area (Å²) in [5.74, 6) is -1.08. The van der Waals surface area contributed by atoms with Gasteiger partial charge in [-0.15, -0.1) is 0 Å². The molecule has 1 spiro atoms. The average Bonchev–Trinajstić information content (AvgIpc) is 2.87. The molecule has 0 aromatic rings. The van der Waals surface area contributed by atoms with Crippen LogP contribution in [-0.2, 0) is 9.59 Å². The first-order valence-electron chi connectivity index (χ1n) is 6.15. The van der Waals surface area contributed by atoms with Gasteiger partial charge >= 0.3 is 5.97 Å². The van der Waals surface area contributed by atoms with E-state index in [1.54, 1.807) is 0 Å². The number of carboxylic acids is 1. The van der Waals surface area contributed by atoms with Crippen LogP contribution in [0.15, 0.2) is 0 Å². The minimum absolute atomic E-state index is 0.0349. The Labute approximate surface area is 101 Å². The van der Waals surface area contributed by atoms with E-state index >= 15 is 0 Å². The molecule has 0 radical (unpaired) electrons. The van der Waals surface area contributed by atoms with Gasteiger partial charge in [-0.2, -0.15) is 0 Å². The molecule has 2 rings (SSSR count). The molecule has 17 heavy (non-hydrogen) atoms. The van der Waals surface area contributed by atoms with Crippen LogP contribution < -0.4 is 5.73 Å². The lowest BCUT2D eigenvalue weighted by Gasteiger charge is -2.26. The molecule has 5 heteroatoms. The van der Waals surface area contributed by atoms with Crippen LogP contribution in [0.2, 0.25) is 0 Å². The summed E-state index contributed by atoms with van der Waals surface area (Å²) in [6.45, 7) is 4.33. The third-order valence-corrected chi connectivity index (χ3v) is 4.04. The maximum Gasteiger partial charge on any atom is 0.326 e. The summed E-state index contributed by atoms with van der Waals surface area (Å²) in [5.41, 5.74) is 5.92. The highest BCUT2D eigenvalue weighted by Gasteiger charge is 2.55. The van der Waals surface area contributed by atoms with Gasteiger partial charge < -0.3 is 15.7 Å². The molecule has 1 saturated heterocycles. The first-order chi connectivity index (χ1) is 7.86. The van der Waals surface area contributed by atoms with E-state index in [1.807, 2.05) is 13.8 Å². The molecule has 2 unspecified atom stereocenters. The van der Waals surface area contributed by atoms with Gasteiger partial charge in [-0.25, -0.2) is 4.79 Å². The first kappa shape index (κ1) is 12.4. The van der Waals surface area contributed by atoms with Crippen molar-refractivity contribution < 1.29 is 14.7 Å². The van der Waals surface area contributed by atoms with Crippen LogP contribution in [0, 0.1) is 11.3 Å². The second kappa shape index (κ2) is 3.98. The van der Waals surface area contributed by atoms with Crippen molar-refractivity contribution in [2.75, 3.05) is 6.54 Å². The lowest BCUT2D eigenvalue weighted by atomic mass is 10.0. The predicted octanol–water partition coefficient (Wildman–Crippen LogP) is 0.435. The van der Waals surface area contributed by atoms with Crippen LogP contribution in [0.25, 0.3) is 0 Å². The summed E-state index contributed by atoms with van der Waals surface area (Å²) in [6, 6.07) is -1.26. The van der Waals surface area contributed by atoms with E-state index in [9.17, 15) is 14.7 Å². The first-order valence-corrected chi connectivity index (χ1v) is 6.15. The zero-order chi connectivity index (χ0) is 12.8. The number of hydrogen-bond acceptors (Lipinski definition) is 3. The number of likely N-dealkylation sites (tertiary alicyclic amines) is 1. The number of carbonyl (C=O) groups excluding carboxylic acids is 1. The molecule has 2 aliphatic rings. The third kappa shape index (κ3) is 2.16. The Kier molecular flexibility index (Phi) is 2.89. The zero-order valence-corrected chi connectivity index (χ0v) is 10.3. The molecule has 0 bridgehead atoms. The third-order valence-electron chi connectivity index (χ3n) is 4.04. The summed E-state index contributed by atoms with van der Waals surface area (Å²) in [4.78, 5) is 24.8. The average molecular weight is 240 g/mol. The van der Waals surface area contributed by atoms with Crippen LogP contribution in [-0.4, -0.2) is 40.5 Å². The Balaban J connectivity index is 2.13. The molecule has 1 saturated carbocycles. The fourth-order valence-electron chi connectivity index (χ4n) is 2.52. The van der Waals surface area contributed by atoms with Gasteiger partial charge in [0.25, 0.3) is 0 Å². The van der Waals surface area contributed by atoms with Gasteiger partial charge in [0.1, 0.15) is 6.04 Å². The molecule has 1 amide bonds. The largest absolute Gasteiger partial charge is 0.480 e. The number of hydrogen-bond donors (Lipinski definition) is 2. The van der Waals surface area contributed by atoms with Crippen LogP contribution >= 0.6 is 0 Å². The van der Waals surface area contributed by atoms with E-state index in [2.05, 4.69) is 0 Å². The quantitative estimate of drug-likeness (QED) is 0.749. The fourth-order valence-corrected chi connectivity index (χ4v) is 2.52. The van der Waals surface area contributed by atoms with Crippen molar-refractivity contribution in [3.8, 4) is 0 Å². The fraction of sp³-hybridized carbons (Fsp3) is 0.833. The van der Waals surface area contributed by atoms with E-state index in [4.69, 9.17) is 5.73 Å². The summed E-state index contributed by atoms with van der Waals surface area (Å²) in [6.07, 6.45) is 2.67. The molecule has 3 N–H and O–H groups in total. The molecule has 0 aromatic heterocycles. The van der Waals surface area contributed by atoms with E-state index in [0.29, 0.717) is 13.0 Å². The van der Waals surface area contributed by atoms with Crippen molar-refractivity contribution >= 4 is 11.9 Å². The summed E-state index contributed by atoms with van der Waals surface area (Å²) >= 11 is 0. The molecule has 2 fully saturated rings. The monoisotopic (exact) mass is 240 g/mol. The van der Waals surface area contributed by atoms with Crippen molar-refractivity contribution in [1.82, 2.24) is 4.90 Å². The Morgan fingerprint density at radius 1 is 1.41 bits per heavy atom. The van der Waals surface area contributed by atoms with Crippen LogP contribution in [0.3, 0.4) is 0 Å². The number of carboxylic acid groups (broad SMARTS) is 1. The minimum atomic E-state index is -0.905. The van der Waals surface area contributed by atoms with E-state index in [0.717, 1.165) is 12.8 Å². The maximum absolute atomic E-state index is 12.2. The SMILES string of the molecule is CC(C)C(N)C(=O)N1CC2(CC2)CC1C(=O)O. The van der Waals surface area contributed by atoms with Crippen molar-refractivity contribution in [2.45, 2.75) is 45.2 Å². The maximum atomic E-state index is 12.2. The number of nitrogens with zero attached hydrogens (tertiary/aromatic N) is 1. The molecule has 96 valence electrons. The number of carbonyl (C=O) groups is 2. The van der Waals surface area contributed by atoms with Crippen LogP contribution in [0.5, 0.6) is 0 Å². The van der Waals surface area contributed by atoms with Gasteiger partial charge in [0.05, 0.1) is 6.04 Å². The number of rotatable bonds is 3. The van der Waals surface area contributed by atoms with Gasteiger partial charge in [-0.3, -0.25) is 4.79 Å². The van der Waals surface area contributed by atoms with Crippen molar-refractivity contribution in [2.24, 2.45) is 17.1 Å². The van der Waals surface area contributed by atoms with Gasteiger partial charge in [-0.05, 0) is 30.6 Å². The van der Waals surface area contributed by atoms with E-state index in [-0.39, 0.29) is 17.2 Å². The molecule has 5 nitrogen and oxygen atoms in total. The topological polar surface area (TPSA) is 83.6 Å². The highest BCUT2D eigenvalue weighted by Crippen LogP contribution is 2.54. The smallest absolute Gasteiger partial charge is 0.326 e. The predicted molar refractivity (Wildman–Crippen MR) is 62.2 cm³/mol. The number of nitrogens with two attached hydrogens (primary N) is 1. The second-order valence-corrected chi connectivity index (χ2v) is 5.79. The lowest BCUT2D eigenvalue weighted by Crippen LogP contribution is -2.50. The molecule has 1 aliphatic carbocycles. The van der Waals surface area contributed by atoms with Crippen molar-refractivity contribution in [3.63, 3.8) is 0 Å². The minimum Gasteiger partial charge on any atom is -0.480 e. The van der Waals surface area contributed by atoms with Gasteiger partial charge in [0.15, 0.2) is 0 Å². The molecule has 2 atom stereocenters. The normalized spacial score (nSPS) is 27.5. The standard InChI is InChI=1S/C12H20N2O3/c1-7(2)9(13)10(15)14-6-12(3-4-12)5-8(14)11(16)17/h7-9H,3-6,13H2,1-2H3,(H,16,17). The Hall–Kier alpha value is -1.10. The van der Waals surface area contributed by atoms with Crippen molar-refractivity contribution in [3.05, 3.63) is 0 Å². The lowest BCUT2D eigenvalue weighted by molar-refractivity contribution is -0.149. The Bertz CT molecular complexity index is 350. The number of amides is 1. The Morgan fingerprint density at radius 2 is 2.00 bits per heavy atom. The summed E-state index contributed by atoms with van der Waals surface area (Å²) < 4.78 is 0. The van der Waals surface area contributed by atoms with Gasteiger partial charge in [0, 0.05) is 6.54 Å². The van der Waals surface area contributed by atoms with Crippen molar-refractivity contribution in [1.29, 1.82) is 0 Å².